The Bertz CT molecular complexity index is 1230. The first-order chi connectivity index (χ1) is 16.9. The van der Waals surface area contributed by atoms with Crippen molar-refractivity contribution in [1.29, 1.82) is 5.26 Å². The number of thioether (sulfide) groups is 1. The Morgan fingerprint density at radius 2 is 1.91 bits per heavy atom. The smallest absolute Gasteiger partial charge is 0.254 e. The number of nitrogens with zero attached hydrogens (tertiary/aromatic N) is 6. The van der Waals surface area contributed by atoms with Crippen molar-refractivity contribution in [3.05, 3.63) is 71.8 Å². The van der Waals surface area contributed by atoms with E-state index in [0.29, 0.717) is 42.6 Å². The highest BCUT2D eigenvalue weighted by molar-refractivity contribution is 7.99. The largest absolute Gasteiger partial charge is 0.336 e. The first kappa shape index (κ1) is 24.4. The topological polar surface area (TPSA) is 107 Å². The molecule has 0 unspecified atom stereocenters. The molecule has 1 fully saturated rings. The molecule has 0 spiro atoms. The lowest BCUT2D eigenvalue weighted by Crippen LogP contribution is -2.49. The van der Waals surface area contributed by atoms with E-state index < -0.39 is 6.04 Å². The molecule has 35 heavy (non-hydrogen) atoms. The maximum atomic E-state index is 13.2. The minimum atomic E-state index is -0.495. The van der Waals surface area contributed by atoms with Crippen molar-refractivity contribution in [1.82, 2.24) is 24.6 Å². The number of carbonyl (C=O) groups excluding carboxylic acids is 2. The van der Waals surface area contributed by atoms with Gasteiger partial charge in [0.15, 0.2) is 5.16 Å². The molecule has 3 aromatic rings. The van der Waals surface area contributed by atoms with E-state index in [1.165, 1.54) is 23.9 Å². The number of hydrogen-bond acceptors (Lipinski definition) is 7. The third-order valence-electron chi connectivity index (χ3n) is 5.67. The van der Waals surface area contributed by atoms with Gasteiger partial charge in [-0.1, -0.05) is 30.0 Å². The molecule has 2 amide bonds. The summed E-state index contributed by atoms with van der Waals surface area (Å²) in [5.41, 5.74) is 1.75. The number of nitrogens with one attached hydrogen (secondary N) is 1. The number of rotatable bonds is 7. The van der Waals surface area contributed by atoms with Crippen LogP contribution < -0.4 is 5.32 Å². The van der Waals surface area contributed by atoms with E-state index in [2.05, 4.69) is 21.6 Å². The molecule has 11 heteroatoms. The van der Waals surface area contributed by atoms with E-state index >= 15 is 0 Å². The van der Waals surface area contributed by atoms with Crippen LogP contribution in [0.2, 0.25) is 0 Å². The van der Waals surface area contributed by atoms with Gasteiger partial charge < -0.3 is 14.8 Å². The Balaban J connectivity index is 1.32. The van der Waals surface area contributed by atoms with Gasteiger partial charge in [-0.05, 0) is 35.9 Å². The van der Waals surface area contributed by atoms with Crippen molar-refractivity contribution < 1.29 is 14.0 Å². The molecular formula is C24H24FN7O2S. The minimum absolute atomic E-state index is 0.135. The van der Waals surface area contributed by atoms with Gasteiger partial charge >= 0.3 is 0 Å². The molecule has 4 rings (SSSR count). The van der Waals surface area contributed by atoms with Crippen LogP contribution in [-0.4, -0.2) is 68.3 Å². The molecule has 1 aliphatic heterocycles. The zero-order valence-corrected chi connectivity index (χ0v) is 19.9. The second kappa shape index (κ2) is 11.1. The predicted octanol–water partition coefficient (Wildman–Crippen LogP) is 2.71. The van der Waals surface area contributed by atoms with Crippen LogP contribution in [0.3, 0.4) is 0 Å². The number of amides is 2. The van der Waals surface area contributed by atoms with Gasteiger partial charge in [-0.15, -0.1) is 10.2 Å². The molecule has 2 heterocycles. The van der Waals surface area contributed by atoms with Gasteiger partial charge in [0.1, 0.15) is 18.2 Å². The van der Waals surface area contributed by atoms with Gasteiger partial charge in [0.25, 0.3) is 5.91 Å². The molecule has 0 bridgehead atoms. The summed E-state index contributed by atoms with van der Waals surface area (Å²) in [6.07, 6.45) is 1.57. The van der Waals surface area contributed by atoms with Gasteiger partial charge in [-0.3, -0.25) is 14.5 Å². The summed E-state index contributed by atoms with van der Waals surface area (Å²) in [6, 6.07) is 14.6. The predicted molar refractivity (Wildman–Crippen MR) is 129 cm³/mol. The number of hydrogen-bond donors (Lipinski definition) is 1. The zero-order chi connectivity index (χ0) is 24.8. The van der Waals surface area contributed by atoms with Gasteiger partial charge in [-0.2, -0.15) is 5.26 Å². The van der Waals surface area contributed by atoms with E-state index in [1.807, 2.05) is 4.90 Å². The Morgan fingerprint density at radius 1 is 1.17 bits per heavy atom. The summed E-state index contributed by atoms with van der Waals surface area (Å²) in [7, 11) is 1.80. The minimum Gasteiger partial charge on any atom is -0.336 e. The summed E-state index contributed by atoms with van der Waals surface area (Å²) in [5.74, 6) is -0.520. The highest BCUT2D eigenvalue weighted by atomic mass is 32.2. The van der Waals surface area contributed by atoms with Crippen LogP contribution in [0.5, 0.6) is 0 Å². The standard InChI is InChI=1S/C24H24FN7O2S/c1-30-16-27-29-24(30)35-15-22(33)28-20-4-2-3-18(13-20)23(34)32-11-9-31(10-12-32)21(14-26)17-5-7-19(25)8-6-17/h2-8,13,16,21H,9-12,15H2,1H3,(H,28,33)/t21-/m1/s1. The van der Waals surface area contributed by atoms with Crippen molar-refractivity contribution in [2.24, 2.45) is 7.05 Å². The summed E-state index contributed by atoms with van der Waals surface area (Å²) >= 11 is 1.27. The lowest BCUT2D eigenvalue weighted by atomic mass is 10.1. The molecular weight excluding hydrogens is 469 g/mol. The first-order valence-electron chi connectivity index (χ1n) is 11.0. The molecule has 0 saturated carbocycles. The summed E-state index contributed by atoms with van der Waals surface area (Å²) in [5, 5.41) is 20.8. The van der Waals surface area contributed by atoms with Crippen LogP contribution in [0.15, 0.2) is 60.0 Å². The fraction of sp³-hybridized carbons (Fsp3) is 0.292. The third-order valence-corrected chi connectivity index (χ3v) is 6.70. The summed E-state index contributed by atoms with van der Waals surface area (Å²) in [6.45, 7) is 1.97. The number of benzene rings is 2. The maximum absolute atomic E-state index is 13.2. The van der Waals surface area contributed by atoms with Crippen LogP contribution in [0.1, 0.15) is 22.0 Å². The number of aromatic nitrogens is 3. The van der Waals surface area contributed by atoms with Crippen LogP contribution >= 0.6 is 11.8 Å². The van der Waals surface area contributed by atoms with E-state index in [0.717, 1.165) is 5.56 Å². The molecule has 180 valence electrons. The van der Waals surface area contributed by atoms with Crippen LogP contribution in [0, 0.1) is 17.1 Å². The number of anilines is 1. The molecule has 1 aliphatic rings. The molecule has 1 saturated heterocycles. The number of nitriles is 1. The fourth-order valence-corrected chi connectivity index (χ4v) is 4.53. The van der Waals surface area contributed by atoms with Gasteiger partial charge in [-0.25, -0.2) is 4.39 Å². The molecule has 1 atom stereocenters. The number of halogens is 1. The van der Waals surface area contributed by atoms with Crippen molar-refractivity contribution in [2.75, 3.05) is 37.2 Å². The van der Waals surface area contributed by atoms with E-state index in [9.17, 15) is 19.2 Å². The van der Waals surface area contributed by atoms with Crippen molar-refractivity contribution in [3.63, 3.8) is 0 Å². The first-order valence-corrected chi connectivity index (χ1v) is 12.0. The molecule has 1 N–H and O–H groups in total. The van der Waals surface area contributed by atoms with Crippen molar-refractivity contribution in [2.45, 2.75) is 11.2 Å². The Labute approximate surface area is 206 Å². The highest BCUT2D eigenvalue weighted by Gasteiger charge is 2.27. The van der Waals surface area contributed by atoms with Gasteiger partial charge in [0.05, 0.1) is 11.8 Å². The highest BCUT2D eigenvalue weighted by Crippen LogP contribution is 2.23. The average molecular weight is 494 g/mol. The quantitative estimate of drug-likeness (QED) is 0.504. The number of aryl methyl sites for hydroxylation is 1. The van der Waals surface area contributed by atoms with Crippen LogP contribution in [-0.2, 0) is 11.8 Å². The molecule has 1 aromatic heterocycles. The molecule has 2 aromatic carbocycles. The van der Waals surface area contributed by atoms with Crippen molar-refractivity contribution >= 4 is 29.3 Å². The van der Waals surface area contributed by atoms with E-state index in [4.69, 9.17) is 0 Å². The molecule has 9 nitrogen and oxygen atoms in total. The zero-order valence-electron chi connectivity index (χ0n) is 19.1. The number of carbonyl (C=O) groups is 2. The summed E-state index contributed by atoms with van der Waals surface area (Å²) in [4.78, 5) is 29.1. The van der Waals surface area contributed by atoms with Gasteiger partial charge in [0.2, 0.25) is 5.91 Å². The second-order valence-corrected chi connectivity index (χ2v) is 9.00. The number of piperazine rings is 1. The van der Waals surface area contributed by atoms with E-state index in [-0.39, 0.29) is 23.4 Å². The average Bonchev–Trinajstić information content (AvgIpc) is 3.29. The van der Waals surface area contributed by atoms with E-state index in [1.54, 1.807) is 59.2 Å². The lowest BCUT2D eigenvalue weighted by molar-refractivity contribution is -0.113. The van der Waals surface area contributed by atoms with Crippen LogP contribution in [0.25, 0.3) is 0 Å². The Hall–Kier alpha value is -3.75. The van der Waals surface area contributed by atoms with Crippen molar-refractivity contribution in [3.8, 4) is 6.07 Å². The Kier molecular flexibility index (Phi) is 7.74. The molecule has 0 radical (unpaired) electrons. The summed E-state index contributed by atoms with van der Waals surface area (Å²) < 4.78 is 15.0. The van der Waals surface area contributed by atoms with Crippen LogP contribution in [0.4, 0.5) is 10.1 Å². The molecule has 0 aliphatic carbocycles. The second-order valence-electron chi connectivity index (χ2n) is 8.05. The fourth-order valence-electron chi connectivity index (χ4n) is 3.84. The SMILES string of the molecule is Cn1cnnc1SCC(=O)Nc1cccc(C(=O)N2CCN([C@H](C#N)c3ccc(F)cc3)CC2)c1. The maximum Gasteiger partial charge on any atom is 0.254 e. The van der Waals surface area contributed by atoms with Gasteiger partial charge in [0, 0.05) is 44.5 Å². The third kappa shape index (κ3) is 6.03. The monoisotopic (exact) mass is 493 g/mol. The normalized spacial score (nSPS) is 14.8. The lowest BCUT2D eigenvalue weighted by Gasteiger charge is -2.37. The Morgan fingerprint density at radius 3 is 2.57 bits per heavy atom.